The van der Waals surface area contributed by atoms with Gasteiger partial charge in [-0.05, 0) is 12.1 Å². The highest BCUT2D eigenvalue weighted by atomic mass is 16.5. The third kappa shape index (κ3) is 3.06. The van der Waals surface area contributed by atoms with Gasteiger partial charge in [0.2, 0.25) is 11.5 Å². The Morgan fingerprint density at radius 3 is 2.60 bits per heavy atom. The van der Waals surface area contributed by atoms with Crippen LogP contribution in [-0.4, -0.2) is 58.9 Å². The molecule has 2 aromatic rings. The average molecular weight is 349 g/mol. The Kier molecular flexibility index (Phi) is 4.91. The van der Waals surface area contributed by atoms with Crippen LogP contribution in [-0.2, 0) is 9.47 Å². The molecular weight excluding hydrogens is 330 g/mol. The first-order valence-electron chi connectivity index (χ1n) is 7.74. The van der Waals surface area contributed by atoms with Gasteiger partial charge in [-0.25, -0.2) is 4.79 Å². The molecule has 0 amide bonds. The van der Waals surface area contributed by atoms with Crippen LogP contribution in [0.3, 0.4) is 0 Å². The monoisotopic (exact) mass is 349 g/mol. The topological polar surface area (TPSA) is 96.2 Å². The number of carbonyl (C=O) groups is 2. The number of hydrogen-bond acceptors (Lipinski definition) is 8. The molecule has 0 saturated carbocycles. The summed E-state index contributed by atoms with van der Waals surface area (Å²) in [5, 5.41) is 3.51. The number of furan rings is 1. The molecule has 0 aliphatic carbocycles. The van der Waals surface area contributed by atoms with Crippen molar-refractivity contribution in [3.63, 3.8) is 0 Å². The molecule has 134 valence electrons. The molecule has 2 heterocycles. The molecule has 1 atom stereocenters. The number of esters is 1. The van der Waals surface area contributed by atoms with Gasteiger partial charge in [0.25, 0.3) is 0 Å². The number of rotatable bonds is 5. The molecule has 1 aliphatic rings. The van der Waals surface area contributed by atoms with E-state index in [9.17, 15) is 9.59 Å². The highest BCUT2D eigenvalue weighted by Crippen LogP contribution is 2.40. The maximum Gasteiger partial charge on any atom is 0.338 e. The van der Waals surface area contributed by atoms with Crippen LogP contribution in [0.1, 0.15) is 20.9 Å². The standard InChI is InChI=1S/C17H19NO7/c1-21-12-7-10(17(20)23-3)9-6-11(25-15(9)16(12)22-2)14(19)13-8-18-4-5-24-13/h6-7,13,18H,4-5,8H2,1-3H3. The van der Waals surface area contributed by atoms with Gasteiger partial charge < -0.3 is 28.7 Å². The fourth-order valence-electron chi connectivity index (χ4n) is 2.78. The second kappa shape index (κ2) is 7.12. The number of hydrogen-bond donors (Lipinski definition) is 1. The van der Waals surface area contributed by atoms with Crippen molar-refractivity contribution in [2.24, 2.45) is 0 Å². The van der Waals surface area contributed by atoms with E-state index in [1.54, 1.807) is 0 Å². The van der Waals surface area contributed by atoms with Gasteiger partial charge in [-0.1, -0.05) is 0 Å². The van der Waals surface area contributed by atoms with Crippen LogP contribution in [0.5, 0.6) is 11.5 Å². The van der Waals surface area contributed by atoms with Gasteiger partial charge in [0.05, 0.1) is 33.5 Å². The van der Waals surface area contributed by atoms with Gasteiger partial charge in [0.15, 0.2) is 17.1 Å². The Balaban J connectivity index is 2.13. The zero-order chi connectivity index (χ0) is 18.0. The van der Waals surface area contributed by atoms with E-state index < -0.39 is 12.1 Å². The van der Waals surface area contributed by atoms with Crippen molar-refractivity contribution in [1.82, 2.24) is 5.32 Å². The van der Waals surface area contributed by atoms with E-state index in [-0.39, 0.29) is 22.7 Å². The van der Waals surface area contributed by atoms with Crippen LogP contribution in [0.2, 0.25) is 0 Å². The first-order chi connectivity index (χ1) is 12.1. The van der Waals surface area contributed by atoms with Crippen molar-refractivity contribution in [3.05, 3.63) is 23.5 Å². The zero-order valence-electron chi connectivity index (χ0n) is 14.2. The highest BCUT2D eigenvalue weighted by molar-refractivity contribution is 6.09. The molecule has 1 N–H and O–H groups in total. The zero-order valence-corrected chi connectivity index (χ0v) is 14.2. The fourth-order valence-corrected chi connectivity index (χ4v) is 2.78. The number of benzene rings is 1. The SMILES string of the molecule is COC(=O)c1cc(OC)c(OC)c2oc(C(=O)C3CNCCO3)cc12. The minimum absolute atomic E-state index is 0.0837. The van der Waals surface area contributed by atoms with Crippen LogP contribution < -0.4 is 14.8 Å². The summed E-state index contributed by atoms with van der Waals surface area (Å²) in [5.74, 6) is -0.187. The summed E-state index contributed by atoms with van der Waals surface area (Å²) in [6.07, 6.45) is -0.635. The predicted octanol–water partition coefficient (Wildman–Crippen LogP) is 1.41. The number of carbonyl (C=O) groups excluding carboxylic acids is 2. The summed E-state index contributed by atoms with van der Waals surface area (Å²) < 4.78 is 26.6. The summed E-state index contributed by atoms with van der Waals surface area (Å²) in [4.78, 5) is 24.7. The molecule has 25 heavy (non-hydrogen) atoms. The second-order valence-corrected chi connectivity index (χ2v) is 5.43. The van der Waals surface area contributed by atoms with Gasteiger partial charge in [-0.3, -0.25) is 4.79 Å². The van der Waals surface area contributed by atoms with Crippen LogP contribution >= 0.6 is 0 Å². The Bertz CT molecular complexity index is 805. The van der Waals surface area contributed by atoms with Crippen molar-refractivity contribution in [3.8, 4) is 11.5 Å². The molecule has 1 aromatic heterocycles. The lowest BCUT2D eigenvalue weighted by molar-refractivity contribution is 0.0250. The Hall–Kier alpha value is -2.58. The Labute approximate surface area is 144 Å². The van der Waals surface area contributed by atoms with E-state index >= 15 is 0 Å². The molecule has 0 radical (unpaired) electrons. The Morgan fingerprint density at radius 1 is 1.20 bits per heavy atom. The molecule has 3 rings (SSSR count). The third-order valence-electron chi connectivity index (χ3n) is 4.02. The molecular formula is C17H19NO7. The number of methoxy groups -OCH3 is 3. The smallest absolute Gasteiger partial charge is 0.338 e. The number of nitrogens with one attached hydrogen (secondary N) is 1. The fraction of sp³-hybridized carbons (Fsp3) is 0.412. The maximum absolute atomic E-state index is 12.6. The lowest BCUT2D eigenvalue weighted by Gasteiger charge is -2.21. The largest absolute Gasteiger partial charge is 0.493 e. The van der Waals surface area contributed by atoms with Crippen LogP contribution in [0.4, 0.5) is 0 Å². The molecule has 8 heteroatoms. The normalized spacial score (nSPS) is 17.3. The van der Waals surface area contributed by atoms with E-state index in [0.29, 0.717) is 36.6 Å². The molecule has 1 unspecified atom stereocenters. The van der Waals surface area contributed by atoms with Crippen molar-refractivity contribution in [2.45, 2.75) is 6.10 Å². The average Bonchev–Trinajstić information content (AvgIpc) is 3.11. The molecule has 1 aliphatic heterocycles. The van der Waals surface area contributed by atoms with Crippen LogP contribution in [0.15, 0.2) is 16.5 Å². The molecule has 1 aromatic carbocycles. The number of ketones is 1. The minimum Gasteiger partial charge on any atom is -0.493 e. The van der Waals surface area contributed by atoms with E-state index in [2.05, 4.69) is 5.32 Å². The van der Waals surface area contributed by atoms with Gasteiger partial charge in [-0.2, -0.15) is 0 Å². The van der Waals surface area contributed by atoms with Crippen molar-refractivity contribution >= 4 is 22.7 Å². The molecule has 8 nitrogen and oxygen atoms in total. The van der Waals surface area contributed by atoms with Gasteiger partial charge in [0.1, 0.15) is 6.10 Å². The van der Waals surface area contributed by atoms with Crippen molar-refractivity contribution < 1.29 is 33.0 Å². The number of Topliss-reactive ketones (excluding diaryl/α,β-unsaturated/α-hetero) is 1. The first kappa shape index (κ1) is 17.2. The molecule has 1 fully saturated rings. The quantitative estimate of drug-likeness (QED) is 0.639. The lowest BCUT2D eigenvalue weighted by Crippen LogP contribution is -2.43. The van der Waals surface area contributed by atoms with E-state index in [4.69, 9.17) is 23.4 Å². The van der Waals surface area contributed by atoms with Crippen LogP contribution in [0.25, 0.3) is 11.0 Å². The molecule has 1 saturated heterocycles. The van der Waals surface area contributed by atoms with E-state index in [1.807, 2.05) is 0 Å². The number of morpholine rings is 1. The summed E-state index contributed by atoms with van der Waals surface area (Å²) >= 11 is 0. The first-order valence-corrected chi connectivity index (χ1v) is 7.74. The molecule has 0 bridgehead atoms. The van der Waals surface area contributed by atoms with Crippen molar-refractivity contribution in [2.75, 3.05) is 41.0 Å². The van der Waals surface area contributed by atoms with E-state index in [0.717, 1.165) is 0 Å². The number of fused-ring (bicyclic) bond motifs is 1. The molecule has 0 spiro atoms. The second-order valence-electron chi connectivity index (χ2n) is 5.43. The maximum atomic E-state index is 12.6. The Morgan fingerprint density at radius 2 is 2.00 bits per heavy atom. The van der Waals surface area contributed by atoms with Crippen LogP contribution in [0, 0.1) is 0 Å². The van der Waals surface area contributed by atoms with Gasteiger partial charge >= 0.3 is 5.97 Å². The van der Waals surface area contributed by atoms with E-state index in [1.165, 1.54) is 33.5 Å². The van der Waals surface area contributed by atoms with Gasteiger partial charge in [-0.15, -0.1) is 0 Å². The third-order valence-corrected chi connectivity index (χ3v) is 4.02. The van der Waals surface area contributed by atoms with Crippen molar-refractivity contribution in [1.29, 1.82) is 0 Å². The van der Waals surface area contributed by atoms with Gasteiger partial charge in [0, 0.05) is 18.5 Å². The summed E-state index contributed by atoms with van der Waals surface area (Å²) in [6, 6.07) is 3.00. The predicted molar refractivity (Wildman–Crippen MR) is 87.6 cm³/mol. The highest BCUT2D eigenvalue weighted by Gasteiger charge is 2.29. The minimum atomic E-state index is -0.635. The lowest BCUT2D eigenvalue weighted by atomic mass is 10.1. The summed E-state index contributed by atoms with van der Waals surface area (Å²) in [6.45, 7) is 1.54. The summed E-state index contributed by atoms with van der Waals surface area (Å²) in [5.41, 5.74) is 0.468. The summed E-state index contributed by atoms with van der Waals surface area (Å²) in [7, 11) is 4.17. The number of ether oxygens (including phenoxy) is 4.